The first-order valence-corrected chi connectivity index (χ1v) is 9.31. The molecule has 0 fully saturated rings. The summed E-state index contributed by atoms with van der Waals surface area (Å²) in [5.74, 6) is 1.74. The molecule has 1 aromatic heterocycles. The lowest BCUT2D eigenvalue weighted by Gasteiger charge is -2.08. The molecule has 0 aliphatic carbocycles. The summed E-state index contributed by atoms with van der Waals surface area (Å²) in [5.41, 5.74) is 2.78. The van der Waals surface area contributed by atoms with E-state index in [4.69, 9.17) is 25.8 Å². The number of carbonyl (C=O) groups excluding carboxylic acids is 1. The molecule has 3 aromatic rings. The van der Waals surface area contributed by atoms with Crippen LogP contribution in [-0.2, 0) is 11.3 Å². The number of amides is 1. The molecule has 1 N–H and O–H groups in total. The molecule has 4 rings (SSSR count). The summed E-state index contributed by atoms with van der Waals surface area (Å²) in [5, 5.41) is 8.71. The molecular formula is C20H20ClN3O4. The topological polar surface area (TPSA) is 74.6 Å². The third-order valence-electron chi connectivity index (χ3n) is 4.33. The zero-order chi connectivity index (χ0) is 19.8. The van der Waals surface area contributed by atoms with Gasteiger partial charge in [-0.05, 0) is 44.5 Å². The largest absolute Gasteiger partial charge is 0.454 e. The van der Waals surface area contributed by atoms with Crippen LogP contribution >= 0.6 is 11.6 Å². The number of hydrogen-bond acceptors (Lipinski definition) is 5. The first-order chi connectivity index (χ1) is 13.4. The maximum atomic E-state index is 12.1. The molecule has 0 saturated carbocycles. The predicted molar refractivity (Wildman–Crippen MR) is 106 cm³/mol. The molecule has 8 heteroatoms. The van der Waals surface area contributed by atoms with Gasteiger partial charge in [0.25, 0.3) is 0 Å². The van der Waals surface area contributed by atoms with E-state index in [1.807, 2.05) is 31.2 Å². The predicted octanol–water partition coefficient (Wildman–Crippen LogP) is 4.73. The fourth-order valence-corrected chi connectivity index (χ4v) is 3.30. The van der Waals surface area contributed by atoms with Crippen LogP contribution in [0.1, 0.15) is 25.0 Å². The molecule has 0 saturated heterocycles. The Morgan fingerprint density at radius 3 is 2.79 bits per heavy atom. The summed E-state index contributed by atoms with van der Waals surface area (Å²) in [6.45, 7) is 6.17. The summed E-state index contributed by atoms with van der Waals surface area (Å²) < 4.78 is 17.8. The number of hydrogen-bond donors (Lipinski definition) is 1. The van der Waals surface area contributed by atoms with Gasteiger partial charge in [-0.1, -0.05) is 23.2 Å². The lowest BCUT2D eigenvalue weighted by molar-refractivity contribution is 0.130. The van der Waals surface area contributed by atoms with Crippen LogP contribution in [-0.4, -0.2) is 28.8 Å². The summed E-state index contributed by atoms with van der Waals surface area (Å²) >= 11 is 6.42. The maximum absolute atomic E-state index is 12.1. The molecule has 0 radical (unpaired) electrons. The zero-order valence-corrected chi connectivity index (χ0v) is 16.5. The van der Waals surface area contributed by atoms with Crippen molar-refractivity contribution in [1.29, 1.82) is 0 Å². The lowest BCUT2D eigenvalue weighted by Crippen LogP contribution is -2.18. The van der Waals surface area contributed by atoms with Crippen LogP contribution in [0.25, 0.3) is 10.9 Å². The molecule has 0 spiro atoms. The van der Waals surface area contributed by atoms with E-state index < -0.39 is 6.09 Å². The summed E-state index contributed by atoms with van der Waals surface area (Å²) in [6, 6.07) is 9.54. The average Bonchev–Trinajstić information content (AvgIpc) is 3.19. The first-order valence-electron chi connectivity index (χ1n) is 8.93. The van der Waals surface area contributed by atoms with Gasteiger partial charge in [-0.3, -0.25) is 10.00 Å². The van der Waals surface area contributed by atoms with Crippen LogP contribution in [0.5, 0.6) is 11.5 Å². The zero-order valence-electron chi connectivity index (χ0n) is 15.8. The van der Waals surface area contributed by atoms with Crippen molar-refractivity contribution in [2.24, 2.45) is 0 Å². The van der Waals surface area contributed by atoms with Crippen molar-refractivity contribution in [2.45, 2.75) is 33.4 Å². The van der Waals surface area contributed by atoms with E-state index in [1.54, 1.807) is 24.6 Å². The Labute approximate surface area is 167 Å². The molecule has 0 atom stereocenters. The number of nitrogens with one attached hydrogen (secondary N) is 1. The van der Waals surface area contributed by atoms with Gasteiger partial charge in [-0.25, -0.2) is 4.79 Å². The molecule has 1 aliphatic heterocycles. The van der Waals surface area contributed by atoms with Crippen LogP contribution in [0, 0.1) is 6.92 Å². The molecule has 1 amide bonds. The number of fused-ring (bicyclic) bond motifs is 2. The van der Waals surface area contributed by atoms with Crippen LogP contribution in [0.3, 0.4) is 0 Å². The van der Waals surface area contributed by atoms with E-state index in [-0.39, 0.29) is 12.9 Å². The van der Waals surface area contributed by atoms with Gasteiger partial charge in [-0.15, -0.1) is 0 Å². The van der Waals surface area contributed by atoms with Crippen molar-refractivity contribution in [1.82, 2.24) is 9.78 Å². The van der Waals surface area contributed by atoms with Gasteiger partial charge in [0, 0.05) is 16.5 Å². The van der Waals surface area contributed by atoms with Gasteiger partial charge >= 0.3 is 6.09 Å². The Balaban J connectivity index is 1.70. The molecule has 146 valence electrons. The minimum atomic E-state index is -0.538. The Kier molecular flexibility index (Phi) is 4.77. The van der Waals surface area contributed by atoms with E-state index in [0.717, 1.165) is 22.0 Å². The van der Waals surface area contributed by atoms with Gasteiger partial charge in [0.05, 0.1) is 18.2 Å². The van der Waals surface area contributed by atoms with E-state index in [1.165, 1.54) is 0 Å². The summed E-state index contributed by atoms with van der Waals surface area (Å²) in [6.07, 6.45) is -0.758. The maximum Gasteiger partial charge on any atom is 0.413 e. The van der Waals surface area contributed by atoms with Crippen LogP contribution in [0.2, 0.25) is 5.02 Å². The van der Waals surface area contributed by atoms with Crippen LogP contribution < -0.4 is 14.8 Å². The summed E-state index contributed by atoms with van der Waals surface area (Å²) in [4.78, 5) is 12.1. The second kappa shape index (κ2) is 7.24. The van der Waals surface area contributed by atoms with Gasteiger partial charge in [0.15, 0.2) is 17.3 Å². The summed E-state index contributed by atoms with van der Waals surface area (Å²) in [7, 11) is 0. The van der Waals surface area contributed by atoms with Crippen molar-refractivity contribution in [3.05, 3.63) is 46.5 Å². The van der Waals surface area contributed by atoms with E-state index in [0.29, 0.717) is 28.9 Å². The number of carbonyl (C=O) groups is 1. The SMILES string of the molecule is Cc1ccc2c(c1)c(NC(=O)OC(C)C)nn2Cc1cc2c(cc1Cl)OCO2. The molecule has 1 aliphatic rings. The van der Waals surface area contributed by atoms with Gasteiger partial charge in [-0.2, -0.15) is 5.10 Å². The highest BCUT2D eigenvalue weighted by atomic mass is 35.5. The third-order valence-corrected chi connectivity index (χ3v) is 4.68. The minimum Gasteiger partial charge on any atom is -0.454 e. The van der Waals surface area contributed by atoms with E-state index in [2.05, 4.69) is 10.4 Å². The molecule has 0 unspecified atom stereocenters. The number of benzene rings is 2. The second-order valence-electron chi connectivity index (χ2n) is 6.90. The van der Waals surface area contributed by atoms with Gasteiger partial charge in [0.2, 0.25) is 6.79 Å². The highest BCUT2D eigenvalue weighted by Gasteiger charge is 2.19. The van der Waals surface area contributed by atoms with E-state index >= 15 is 0 Å². The third kappa shape index (κ3) is 3.57. The molecule has 7 nitrogen and oxygen atoms in total. The van der Waals surface area contributed by atoms with Crippen molar-refractivity contribution in [3.8, 4) is 11.5 Å². The molecule has 2 aromatic carbocycles. The van der Waals surface area contributed by atoms with Gasteiger partial charge < -0.3 is 14.2 Å². The number of ether oxygens (including phenoxy) is 3. The number of aryl methyl sites for hydroxylation is 1. The standard InChI is InChI=1S/C20H20ClN3O4/c1-11(2)28-20(25)22-19-14-6-12(3)4-5-16(14)24(23-19)9-13-7-17-18(8-15(13)21)27-10-26-17/h4-8,11H,9-10H2,1-3H3,(H,22,23,25). The van der Waals surface area contributed by atoms with Crippen molar-refractivity contribution >= 4 is 34.4 Å². The number of nitrogens with zero attached hydrogens (tertiary/aromatic N) is 2. The Hall–Kier alpha value is -2.93. The van der Waals surface area contributed by atoms with E-state index in [9.17, 15) is 4.79 Å². The highest BCUT2D eigenvalue weighted by Crippen LogP contribution is 2.37. The molecule has 2 heterocycles. The van der Waals surface area contributed by atoms with Crippen molar-refractivity contribution < 1.29 is 19.0 Å². The molecule has 28 heavy (non-hydrogen) atoms. The fourth-order valence-electron chi connectivity index (χ4n) is 3.09. The quantitative estimate of drug-likeness (QED) is 0.683. The average molecular weight is 402 g/mol. The Morgan fingerprint density at radius 1 is 1.29 bits per heavy atom. The second-order valence-corrected chi connectivity index (χ2v) is 7.31. The monoisotopic (exact) mass is 401 g/mol. The molecular weight excluding hydrogens is 382 g/mol. The number of rotatable bonds is 4. The Morgan fingerprint density at radius 2 is 2.04 bits per heavy atom. The number of halogens is 1. The van der Waals surface area contributed by atoms with Crippen molar-refractivity contribution in [2.75, 3.05) is 12.1 Å². The lowest BCUT2D eigenvalue weighted by atomic mass is 10.1. The Bertz CT molecular complexity index is 1060. The molecule has 0 bridgehead atoms. The van der Waals surface area contributed by atoms with Crippen LogP contribution in [0.15, 0.2) is 30.3 Å². The number of anilines is 1. The smallest absolute Gasteiger partial charge is 0.413 e. The highest BCUT2D eigenvalue weighted by molar-refractivity contribution is 6.31. The normalized spacial score (nSPS) is 12.6. The van der Waals surface area contributed by atoms with Crippen LogP contribution in [0.4, 0.5) is 10.6 Å². The number of aromatic nitrogens is 2. The minimum absolute atomic E-state index is 0.186. The van der Waals surface area contributed by atoms with Gasteiger partial charge in [0.1, 0.15) is 0 Å². The first kappa shape index (κ1) is 18.4. The fraction of sp³-hybridized carbons (Fsp3) is 0.300. The van der Waals surface area contributed by atoms with Crippen molar-refractivity contribution in [3.63, 3.8) is 0 Å².